The van der Waals surface area contributed by atoms with Gasteiger partial charge in [0.2, 0.25) is 5.91 Å². The minimum absolute atomic E-state index is 0.0778. The second-order valence-electron chi connectivity index (χ2n) is 7.63. The Bertz CT molecular complexity index is 1170. The van der Waals surface area contributed by atoms with E-state index in [0.29, 0.717) is 35.1 Å². The number of likely N-dealkylation sites (tertiary alicyclic amines) is 1. The Morgan fingerprint density at radius 1 is 1.03 bits per heavy atom. The number of pyridine rings is 1. The van der Waals surface area contributed by atoms with Crippen LogP contribution in [0.4, 0.5) is 5.69 Å². The fourth-order valence-corrected chi connectivity index (χ4v) is 3.77. The highest BCUT2D eigenvalue weighted by atomic mass is 35.5. The monoisotopic (exact) mass is 443 g/mol. The largest absolute Gasteiger partial charge is 0.338 e. The second kappa shape index (κ2) is 10.1. The zero-order valence-electron chi connectivity index (χ0n) is 17.4. The van der Waals surface area contributed by atoms with Gasteiger partial charge >= 0.3 is 0 Å². The number of nitrogens with one attached hydrogen (secondary N) is 1. The number of nitrogens with zero attached hydrogens (tertiary/aromatic N) is 2. The predicted molar refractivity (Wildman–Crippen MR) is 125 cm³/mol. The maximum atomic E-state index is 12.9. The highest BCUT2D eigenvalue weighted by Gasteiger charge is 2.29. The van der Waals surface area contributed by atoms with Gasteiger partial charge in [-0.25, -0.2) is 4.98 Å². The van der Waals surface area contributed by atoms with Gasteiger partial charge in [-0.3, -0.25) is 9.59 Å². The van der Waals surface area contributed by atoms with E-state index in [1.165, 1.54) is 0 Å². The summed E-state index contributed by atoms with van der Waals surface area (Å²) in [5, 5.41) is 3.57. The molecule has 1 aromatic heterocycles. The molecule has 160 valence electrons. The van der Waals surface area contributed by atoms with E-state index in [-0.39, 0.29) is 17.7 Å². The lowest BCUT2D eigenvalue weighted by Crippen LogP contribution is -2.43. The summed E-state index contributed by atoms with van der Waals surface area (Å²) in [6.07, 6.45) is 3.23. The predicted octanol–water partition coefficient (Wildman–Crippen LogP) is 4.63. The summed E-state index contributed by atoms with van der Waals surface area (Å²) < 4.78 is 0. The van der Waals surface area contributed by atoms with Gasteiger partial charge in [-0.15, -0.1) is 0 Å². The lowest BCUT2D eigenvalue weighted by atomic mass is 9.96. The molecule has 1 atom stereocenters. The Labute approximate surface area is 192 Å². The fraction of sp³-hybridized carbons (Fsp3) is 0.192. The molecule has 0 spiro atoms. The Balaban J connectivity index is 1.40. The number of amides is 2. The SMILES string of the molecule is O=C(Nc1cccc(C#Cc2ccccn2)c1)C1CCCN(C(=O)c2ccc(Cl)cc2)C1. The lowest BCUT2D eigenvalue weighted by Gasteiger charge is -2.32. The summed E-state index contributed by atoms with van der Waals surface area (Å²) in [5.74, 6) is 5.66. The zero-order valence-corrected chi connectivity index (χ0v) is 18.2. The Morgan fingerprint density at radius 3 is 2.66 bits per heavy atom. The van der Waals surface area contributed by atoms with E-state index in [2.05, 4.69) is 22.1 Å². The molecule has 4 rings (SSSR count). The van der Waals surface area contributed by atoms with Crippen LogP contribution in [0.2, 0.25) is 5.02 Å². The van der Waals surface area contributed by atoms with Crippen molar-refractivity contribution in [3.05, 3.63) is 94.8 Å². The van der Waals surface area contributed by atoms with Crippen LogP contribution < -0.4 is 5.32 Å². The fourth-order valence-electron chi connectivity index (χ4n) is 3.64. The molecule has 1 N–H and O–H groups in total. The standard InChI is InChI=1S/C26H22ClN3O2/c27-22-12-10-20(11-13-22)26(32)30-16-4-6-21(18-30)25(31)29-24-8-3-5-19(17-24)9-14-23-7-1-2-15-28-23/h1-3,5,7-8,10-13,15,17,21H,4,6,16,18H2,(H,29,31). The van der Waals surface area contributed by atoms with Crippen molar-refractivity contribution in [2.75, 3.05) is 18.4 Å². The molecule has 6 heteroatoms. The molecule has 2 amide bonds. The summed E-state index contributed by atoms with van der Waals surface area (Å²) >= 11 is 5.92. The molecule has 1 aliphatic heterocycles. The topological polar surface area (TPSA) is 62.3 Å². The van der Waals surface area contributed by atoms with Crippen molar-refractivity contribution in [3.63, 3.8) is 0 Å². The van der Waals surface area contributed by atoms with Crippen LogP contribution in [0.1, 0.15) is 34.5 Å². The van der Waals surface area contributed by atoms with E-state index < -0.39 is 0 Å². The van der Waals surface area contributed by atoms with Gasteiger partial charge in [-0.05, 0) is 73.4 Å². The van der Waals surface area contributed by atoms with Crippen LogP contribution in [-0.2, 0) is 4.79 Å². The molecular weight excluding hydrogens is 422 g/mol. The third-order valence-corrected chi connectivity index (χ3v) is 5.55. The molecule has 0 radical (unpaired) electrons. The third-order valence-electron chi connectivity index (χ3n) is 5.30. The average Bonchev–Trinajstić information content (AvgIpc) is 2.84. The van der Waals surface area contributed by atoms with Gasteiger partial charge in [0.1, 0.15) is 5.69 Å². The van der Waals surface area contributed by atoms with Crippen LogP contribution >= 0.6 is 11.6 Å². The summed E-state index contributed by atoms with van der Waals surface area (Å²) in [7, 11) is 0. The zero-order chi connectivity index (χ0) is 22.3. The Morgan fingerprint density at radius 2 is 1.88 bits per heavy atom. The number of halogens is 1. The molecule has 1 saturated heterocycles. The molecule has 1 fully saturated rings. The van der Waals surface area contributed by atoms with Gasteiger partial charge in [0, 0.05) is 41.1 Å². The lowest BCUT2D eigenvalue weighted by molar-refractivity contribution is -0.121. The van der Waals surface area contributed by atoms with Gasteiger partial charge < -0.3 is 10.2 Å². The molecule has 1 aliphatic rings. The van der Waals surface area contributed by atoms with E-state index in [1.54, 1.807) is 35.4 Å². The molecule has 0 aliphatic carbocycles. The maximum absolute atomic E-state index is 12.9. The number of carbonyl (C=O) groups excluding carboxylic acids is 2. The summed E-state index contributed by atoms with van der Waals surface area (Å²) in [6.45, 7) is 1.04. The molecule has 2 heterocycles. The molecule has 32 heavy (non-hydrogen) atoms. The first kappa shape index (κ1) is 21.6. The minimum Gasteiger partial charge on any atom is -0.338 e. The number of benzene rings is 2. The van der Waals surface area contributed by atoms with Gasteiger partial charge in [0.25, 0.3) is 5.91 Å². The smallest absolute Gasteiger partial charge is 0.253 e. The number of aromatic nitrogens is 1. The van der Waals surface area contributed by atoms with E-state index >= 15 is 0 Å². The average molecular weight is 444 g/mol. The summed E-state index contributed by atoms with van der Waals surface area (Å²) in [5.41, 5.74) is 2.74. The molecule has 1 unspecified atom stereocenters. The third kappa shape index (κ3) is 5.54. The van der Waals surface area contributed by atoms with Gasteiger partial charge in [0.05, 0.1) is 5.92 Å². The van der Waals surface area contributed by atoms with Crippen LogP contribution in [0.25, 0.3) is 0 Å². The van der Waals surface area contributed by atoms with E-state index in [9.17, 15) is 9.59 Å². The first-order chi connectivity index (χ1) is 15.6. The van der Waals surface area contributed by atoms with Crippen LogP contribution in [0.15, 0.2) is 72.9 Å². The molecule has 2 aromatic carbocycles. The van der Waals surface area contributed by atoms with Crippen LogP contribution in [0, 0.1) is 17.8 Å². The molecule has 3 aromatic rings. The number of rotatable bonds is 3. The van der Waals surface area contributed by atoms with Crippen molar-refractivity contribution in [1.82, 2.24) is 9.88 Å². The van der Waals surface area contributed by atoms with E-state index in [0.717, 1.165) is 18.4 Å². The number of anilines is 1. The van der Waals surface area contributed by atoms with Gasteiger partial charge in [-0.2, -0.15) is 0 Å². The number of hydrogen-bond donors (Lipinski definition) is 1. The van der Waals surface area contributed by atoms with E-state index in [1.807, 2.05) is 42.5 Å². The van der Waals surface area contributed by atoms with Gasteiger partial charge in [0.15, 0.2) is 0 Å². The highest BCUT2D eigenvalue weighted by Crippen LogP contribution is 2.21. The molecule has 0 saturated carbocycles. The summed E-state index contributed by atoms with van der Waals surface area (Å²) in [4.78, 5) is 31.6. The van der Waals surface area contributed by atoms with E-state index in [4.69, 9.17) is 11.6 Å². The van der Waals surface area contributed by atoms with Crippen LogP contribution in [0.5, 0.6) is 0 Å². The normalized spacial score (nSPS) is 15.4. The second-order valence-corrected chi connectivity index (χ2v) is 8.07. The highest BCUT2D eigenvalue weighted by molar-refractivity contribution is 6.30. The van der Waals surface area contributed by atoms with Crippen LogP contribution in [-0.4, -0.2) is 34.8 Å². The van der Waals surface area contributed by atoms with Crippen molar-refractivity contribution in [3.8, 4) is 11.8 Å². The number of carbonyl (C=O) groups is 2. The molecular formula is C26H22ClN3O2. The van der Waals surface area contributed by atoms with Crippen molar-refractivity contribution in [2.24, 2.45) is 5.92 Å². The van der Waals surface area contributed by atoms with Crippen molar-refractivity contribution in [1.29, 1.82) is 0 Å². The van der Waals surface area contributed by atoms with Gasteiger partial charge in [-0.1, -0.05) is 29.7 Å². The summed E-state index contributed by atoms with van der Waals surface area (Å²) in [6, 6.07) is 19.8. The van der Waals surface area contributed by atoms with Crippen molar-refractivity contribution >= 4 is 29.1 Å². The van der Waals surface area contributed by atoms with Crippen molar-refractivity contribution < 1.29 is 9.59 Å². The first-order valence-electron chi connectivity index (χ1n) is 10.5. The molecule has 0 bridgehead atoms. The Hall–Kier alpha value is -3.62. The van der Waals surface area contributed by atoms with Crippen LogP contribution in [0.3, 0.4) is 0 Å². The number of hydrogen-bond acceptors (Lipinski definition) is 3. The quantitative estimate of drug-likeness (QED) is 0.600. The Kier molecular flexibility index (Phi) is 6.84. The first-order valence-corrected chi connectivity index (χ1v) is 10.8. The van der Waals surface area contributed by atoms with Crippen molar-refractivity contribution in [2.45, 2.75) is 12.8 Å². The maximum Gasteiger partial charge on any atom is 0.253 e. The number of piperidine rings is 1. The molecule has 5 nitrogen and oxygen atoms in total. The minimum atomic E-state index is -0.261.